The molecule has 0 saturated heterocycles. The molecule has 0 spiro atoms. The highest BCUT2D eigenvalue weighted by Crippen LogP contribution is 2.17. The smallest absolute Gasteiger partial charge is 0.283 e. The van der Waals surface area contributed by atoms with Gasteiger partial charge >= 0.3 is 0 Å². The van der Waals surface area contributed by atoms with Crippen LogP contribution in [0.5, 0.6) is 0 Å². The summed E-state index contributed by atoms with van der Waals surface area (Å²) in [5.41, 5.74) is 1.77. The van der Waals surface area contributed by atoms with Gasteiger partial charge in [-0.25, -0.2) is 4.68 Å². The molecule has 0 bridgehead atoms. The van der Waals surface area contributed by atoms with Crippen LogP contribution in [0.25, 0.3) is 0 Å². The van der Waals surface area contributed by atoms with Crippen molar-refractivity contribution >= 4 is 21.6 Å². The minimum atomic E-state index is -0.238. The molecule has 0 aliphatic carbocycles. The quantitative estimate of drug-likeness (QED) is 0.679. The molecule has 1 aliphatic heterocycles. The molecule has 0 fully saturated rings. The summed E-state index contributed by atoms with van der Waals surface area (Å²) < 4.78 is 1.68. The zero-order valence-corrected chi connectivity index (χ0v) is 12.1. The van der Waals surface area contributed by atoms with Crippen molar-refractivity contribution in [2.75, 3.05) is 31.6 Å². The van der Waals surface area contributed by atoms with Gasteiger partial charge in [0.25, 0.3) is 5.56 Å². The van der Waals surface area contributed by atoms with Crippen LogP contribution in [0.3, 0.4) is 0 Å². The number of hydrogen-bond acceptors (Lipinski definition) is 5. The van der Waals surface area contributed by atoms with Gasteiger partial charge in [0.15, 0.2) is 0 Å². The van der Waals surface area contributed by atoms with Gasteiger partial charge in [0.05, 0.1) is 25.0 Å². The Morgan fingerprint density at radius 1 is 1.58 bits per heavy atom. The van der Waals surface area contributed by atoms with Crippen LogP contribution in [-0.2, 0) is 6.54 Å². The molecule has 3 N–H and O–H groups in total. The van der Waals surface area contributed by atoms with E-state index in [0.717, 1.165) is 19.5 Å². The van der Waals surface area contributed by atoms with Crippen molar-refractivity contribution in [2.45, 2.75) is 13.0 Å². The molecule has 1 aromatic heterocycles. The maximum atomic E-state index is 11.9. The second kappa shape index (κ2) is 6.83. The largest absolute Gasteiger partial charge is 0.394 e. The van der Waals surface area contributed by atoms with Gasteiger partial charge in [-0.3, -0.25) is 4.79 Å². The number of aliphatic hydroxyl groups excluding tert-OH is 1. The maximum Gasteiger partial charge on any atom is 0.283 e. The van der Waals surface area contributed by atoms with Gasteiger partial charge in [-0.1, -0.05) is 11.6 Å². The summed E-state index contributed by atoms with van der Waals surface area (Å²) in [5, 5.41) is 19.3. The average molecular weight is 329 g/mol. The molecule has 6 nitrogen and oxygen atoms in total. The molecule has 0 radical (unpaired) electrons. The Kier molecular flexibility index (Phi) is 5.12. The summed E-state index contributed by atoms with van der Waals surface area (Å²) in [6.07, 6.45) is 4.77. The van der Waals surface area contributed by atoms with Gasteiger partial charge in [0.1, 0.15) is 4.47 Å². The van der Waals surface area contributed by atoms with Gasteiger partial charge in [0.2, 0.25) is 0 Å². The number of rotatable bonds is 5. The van der Waals surface area contributed by atoms with Crippen LogP contribution in [0.15, 0.2) is 27.1 Å². The van der Waals surface area contributed by atoms with Gasteiger partial charge in [0, 0.05) is 13.1 Å². The molecule has 2 heterocycles. The van der Waals surface area contributed by atoms with E-state index in [2.05, 4.69) is 37.7 Å². The Bertz CT molecular complexity index is 527. The number of aliphatic hydroxyl groups is 1. The van der Waals surface area contributed by atoms with Gasteiger partial charge in [-0.05, 0) is 28.9 Å². The van der Waals surface area contributed by atoms with E-state index in [4.69, 9.17) is 5.11 Å². The number of nitrogens with zero attached hydrogens (tertiary/aromatic N) is 2. The average Bonchev–Trinajstić information content (AvgIpc) is 2.44. The molecular formula is C12H17BrN4O2. The summed E-state index contributed by atoms with van der Waals surface area (Å²) >= 11 is 3.28. The lowest BCUT2D eigenvalue weighted by atomic mass is 10.1. The molecule has 7 heteroatoms. The summed E-state index contributed by atoms with van der Waals surface area (Å²) in [7, 11) is 0. The molecule has 0 unspecified atom stereocenters. The van der Waals surface area contributed by atoms with E-state index in [1.54, 1.807) is 6.20 Å². The van der Waals surface area contributed by atoms with Crippen LogP contribution < -0.4 is 16.2 Å². The first-order chi connectivity index (χ1) is 9.22. The normalized spacial score (nSPS) is 15.2. The second-order valence-corrected chi connectivity index (χ2v) is 5.09. The molecule has 0 saturated carbocycles. The van der Waals surface area contributed by atoms with Crippen molar-refractivity contribution in [2.24, 2.45) is 0 Å². The van der Waals surface area contributed by atoms with Crippen molar-refractivity contribution in [3.05, 3.63) is 32.7 Å². The van der Waals surface area contributed by atoms with E-state index >= 15 is 0 Å². The minimum Gasteiger partial charge on any atom is -0.394 e. The lowest BCUT2D eigenvalue weighted by Crippen LogP contribution is -2.27. The number of hydrogen-bond donors (Lipinski definition) is 3. The van der Waals surface area contributed by atoms with E-state index in [0.29, 0.717) is 16.7 Å². The third-order valence-electron chi connectivity index (χ3n) is 2.96. The van der Waals surface area contributed by atoms with Crippen molar-refractivity contribution in [3.8, 4) is 0 Å². The molecule has 0 aromatic carbocycles. The van der Waals surface area contributed by atoms with E-state index in [1.807, 2.05) is 0 Å². The number of halogens is 1. The topological polar surface area (TPSA) is 79.2 Å². The van der Waals surface area contributed by atoms with Crippen molar-refractivity contribution < 1.29 is 5.11 Å². The van der Waals surface area contributed by atoms with E-state index in [9.17, 15) is 4.79 Å². The second-order valence-electron chi connectivity index (χ2n) is 4.29. The predicted octanol–water partition coefficient (Wildman–Crippen LogP) is 0.330. The molecule has 0 amide bonds. The van der Waals surface area contributed by atoms with Crippen LogP contribution in [0.2, 0.25) is 0 Å². The summed E-state index contributed by atoms with van der Waals surface area (Å²) in [5.74, 6) is 0. The molecular weight excluding hydrogens is 312 g/mol. The van der Waals surface area contributed by atoms with Crippen LogP contribution in [0, 0.1) is 0 Å². The highest BCUT2D eigenvalue weighted by Gasteiger charge is 2.09. The summed E-state index contributed by atoms with van der Waals surface area (Å²) in [6.45, 7) is 2.70. The molecule has 1 aromatic rings. The molecule has 19 heavy (non-hydrogen) atoms. The minimum absolute atomic E-state index is 0.105. The Labute approximate surface area is 119 Å². The van der Waals surface area contributed by atoms with Crippen molar-refractivity contribution in [3.63, 3.8) is 0 Å². The first-order valence-electron chi connectivity index (χ1n) is 6.21. The Morgan fingerprint density at radius 3 is 3.11 bits per heavy atom. The lowest BCUT2D eigenvalue weighted by Gasteiger charge is -2.16. The van der Waals surface area contributed by atoms with Crippen LogP contribution in [0.4, 0.5) is 5.69 Å². The summed E-state index contributed by atoms with van der Waals surface area (Å²) in [4.78, 5) is 11.9. The standard InChI is InChI=1S/C12H17BrN4O2/c13-11-10(8-16-17(5-6-18)12(11)19)15-7-9-1-3-14-4-2-9/h1,8,14-15,18H,2-7H2. The molecule has 0 atom stereocenters. The maximum absolute atomic E-state index is 11.9. The zero-order valence-electron chi connectivity index (χ0n) is 10.5. The van der Waals surface area contributed by atoms with E-state index in [1.165, 1.54) is 10.3 Å². The van der Waals surface area contributed by atoms with Crippen LogP contribution in [0.1, 0.15) is 6.42 Å². The fourth-order valence-corrected chi connectivity index (χ4v) is 2.33. The zero-order chi connectivity index (χ0) is 13.7. The third kappa shape index (κ3) is 3.65. The van der Waals surface area contributed by atoms with E-state index < -0.39 is 0 Å². The predicted molar refractivity (Wildman–Crippen MR) is 77.3 cm³/mol. The first kappa shape index (κ1) is 14.2. The van der Waals surface area contributed by atoms with Crippen molar-refractivity contribution in [1.29, 1.82) is 0 Å². The van der Waals surface area contributed by atoms with E-state index in [-0.39, 0.29) is 18.7 Å². The summed E-state index contributed by atoms with van der Waals surface area (Å²) in [6, 6.07) is 0. The SMILES string of the molecule is O=c1c(Br)c(NCC2=CCNCC2)cnn1CCO. The Morgan fingerprint density at radius 2 is 2.42 bits per heavy atom. The monoisotopic (exact) mass is 328 g/mol. The lowest BCUT2D eigenvalue weighted by molar-refractivity contribution is 0.266. The fourth-order valence-electron chi connectivity index (χ4n) is 1.88. The third-order valence-corrected chi connectivity index (χ3v) is 3.73. The van der Waals surface area contributed by atoms with Gasteiger partial charge in [-0.2, -0.15) is 5.10 Å². The van der Waals surface area contributed by atoms with Crippen LogP contribution in [-0.4, -0.2) is 41.1 Å². The highest BCUT2D eigenvalue weighted by atomic mass is 79.9. The van der Waals surface area contributed by atoms with Crippen LogP contribution >= 0.6 is 15.9 Å². The molecule has 2 rings (SSSR count). The Hall–Kier alpha value is -1.18. The number of aromatic nitrogens is 2. The first-order valence-corrected chi connectivity index (χ1v) is 7.00. The van der Waals surface area contributed by atoms with Gasteiger partial charge in [-0.15, -0.1) is 0 Å². The molecule has 1 aliphatic rings. The van der Waals surface area contributed by atoms with Crippen molar-refractivity contribution in [1.82, 2.24) is 15.1 Å². The number of anilines is 1. The highest BCUT2D eigenvalue weighted by molar-refractivity contribution is 9.10. The molecule has 104 valence electrons. The number of nitrogens with one attached hydrogen (secondary N) is 2. The Balaban J connectivity index is 2.06. The fraction of sp³-hybridized carbons (Fsp3) is 0.500. The van der Waals surface area contributed by atoms with Gasteiger partial charge < -0.3 is 15.7 Å².